The van der Waals surface area contributed by atoms with Gasteiger partial charge in [-0.2, -0.15) is 17.4 Å². The first-order valence-electron chi connectivity index (χ1n) is 5.67. The molecule has 1 saturated heterocycles. The predicted molar refractivity (Wildman–Crippen MR) is 61.5 cm³/mol. The van der Waals surface area contributed by atoms with Gasteiger partial charge in [0.05, 0.1) is 5.92 Å². The van der Waals surface area contributed by atoms with Crippen molar-refractivity contribution in [1.82, 2.24) is 9.03 Å². The van der Waals surface area contributed by atoms with Crippen molar-refractivity contribution in [2.24, 2.45) is 5.92 Å². The second-order valence-electron chi connectivity index (χ2n) is 4.40. The summed E-state index contributed by atoms with van der Waals surface area (Å²) < 4.78 is 27.7. The maximum atomic E-state index is 11.9. The third-order valence-electron chi connectivity index (χ3n) is 3.11. The normalized spacial score (nSPS) is 29.9. The predicted octanol–water partition coefficient (Wildman–Crippen LogP) is -0.0541. The van der Waals surface area contributed by atoms with E-state index in [1.165, 1.54) is 4.31 Å². The van der Waals surface area contributed by atoms with Crippen molar-refractivity contribution in [2.45, 2.75) is 25.3 Å². The van der Waals surface area contributed by atoms with Gasteiger partial charge in [0.15, 0.2) is 0 Å². The van der Waals surface area contributed by atoms with E-state index in [1.807, 2.05) is 0 Å². The number of carboxylic acids is 1. The van der Waals surface area contributed by atoms with E-state index in [0.717, 1.165) is 12.8 Å². The molecule has 2 N–H and O–H groups in total. The van der Waals surface area contributed by atoms with E-state index >= 15 is 0 Å². The summed E-state index contributed by atoms with van der Waals surface area (Å²) >= 11 is 0. The number of hydrogen-bond acceptors (Lipinski definition) is 3. The molecule has 1 aliphatic heterocycles. The van der Waals surface area contributed by atoms with Crippen LogP contribution in [0.3, 0.4) is 0 Å². The molecule has 0 aromatic carbocycles. The number of hydrogen-bond donors (Lipinski definition) is 2. The van der Waals surface area contributed by atoms with Crippen molar-refractivity contribution < 1.29 is 18.3 Å². The third-order valence-corrected chi connectivity index (χ3v) is 4.75. The molecule has 0 aromatic rings. The fourth-order valence-corrected chi connectivity index (χ4v) is 3.61. The second-order valence-corrected chi connectivity index (χ2v) is 6.10. The molecule has 0 bridgehead atoms. The SMILES string of the molecule is O=C(O)C1C=CC(NS(=O)(=O)N2CCCC2)C1. The minimum atomic E-state index is -3.45. The van der Waals surface area contributed by atoms with Crippen molar-refractivity contribution in [1.29, 1.82) is 0 Å². The van der Waals surface area contributed by atoms with Crippen LogP contribution < -0.4 is 4.72 Å². The summed E-state index contributed by atoms with van der Waals surface area (Å²) in [6, 6.07) is -0.401. The van der Waals surface area contributed by atoms with Crippen LogP contribution in [0.1, 0.15) is 19.3 Å². The van der Waals surface area contributed by atoms with Crippen LogP contribution in [0, 0.1) is 5.92 Å². The first kappa shape index (κ1) is 12.5. The van der Waals surface area contributed by atoms with E-state index in [-0.39, 0.29) is 0 Å². The molecule has 2 rings (SSSR count). The van der Waals surface area contributed by atoms with Gasteiger partial charge in [-0.1, -0.05) is 12.2 Å². The Balaban J connectivity index is 1.94. The topological polar surface area (TPSA) is 86.7 Å². The van der Waals surface area contributed by atoms with Gasteiger partial charge in [0.25, 0.3) is 10.2 Å². The highest BCUT2D eigenvalue weighted by Gasteiger charge is 2.31. The third kappa shape index (κ3) is 2.85. The molecular weight excluding hydrogens is 244 g/mol. The average molecular weight is 260 g/mol. The zero-order valence-corrected chi connectivity index (χ0v) is 10.2. The van der Waals surface area contributed by atoms with Gasteiger partial charge in [0.2, 0.25) is 0 Å². The largest absolute Gasteiger partial charge is 0.481 e. The second kappa shape index (κ2) is 4.75. The molecule has 6 nitrogen and oxygen atoms in total. The highest BCUT2D eigenvalue weighted by Crippen LogP contribution is 2.20. The monoisotopic (exact) mass is 260 g/mol. The molecule has 2 aliphatic rings. The maximum Gasteiger partial charge on any atom is 0.310 e. The van der Waals surface area contributed by atoms with Crippen molar-refractivity contribution in [3.05, 3.63) is 12.2 Å². The standard InChI is InChI=1S/C10H16N2O4S/c13-10(14)8-3-4-9(7-8)11-17(15,16)12-5-1-2-6-12/h3-4,8-9,11H,1-2,5-7H2,(H,13,14). The zero-order chi connectivity index (χ0) is 12.5. The molecule has 0 aromatic heterocycles. The fourth-order valence-electron chi connectivity index (χ4n) is 2.16. The molecule has 1 fully saturated rings. The molecule has 96 valence electrons. The highest BCUT2D eigenvalue weighted by atomic mass is 32.2. The van der Waals surface area contributed by atoms with Crippen LogP contribution >= 0.6 is 0 Å². The van der Waals surface area contributed by atoms with Gasteiger partial charge in [-0.05, 0) is 19.3 Å². The van der Waals surface area contributed by atoms with E-state index in [1.54, 1.807) is 12.2 Å². The average Bonchev–Trinajstić information content (AvgIpc) is 2.85. The van der Waals surface area contributed by atoms with Gasteiger partial charge in [-0.15, -0.1) is 0 Å². The summed E-state index contributed by atoms with van der Waals surface area (Å²) in [5, 5.41) is 8.80. The molecular formula is C10H16N2O4S. The Kier molecular flexibility index (Phi) is 3.50. The number of rotatable bonds is 4. The van der Waals surface area contributed by atoms with E-state index < -0.39 is 28.1 Å². The van der Waals surface area contributed by atoms with Gasteiger partial charge in [0.1, 0.15) is 0 Å². The molecule has 0 saturated carbocycles. The lowest BCUT2D eigenvalue weighted by Gasteiger charge is -2.19. The van der Waals surface area contributed by atoms with Crippen LogP contribution in [-0.4, -0.2) is 42.9 Å². The van der Waals surface area contributed by atoms with Crippen LogP contribution in [0.5, 0.6) is 0 Å². The maximum absolute atomic E-state index is 11.9. The molecule has 1 heterocycles. The lowest BCUT2D eigenvalue weighted by Crippen LogP contribution is -2.43. The molecule has 2 unspecified atom stereocenters. The Morgan fingerprint density at radius 1 is 1.29 bits per heavy atom. The van der Waals surface area contributed by atoms with Crippen molar-refractivity contribution in [2.75, 3.05) is 13.1 Å². The smallest absolute Gasteiger partial charge is 0.310 e. The highest BCUT2D eigenvalue weighted by molar-refractivity contribution is 7.87. The molecule has 0 radical (unpaired) electrons. The molecule has 7 heteroatoms. The van der Waals surface area contributed by atoms with Gasteiger partial charge in [-0.3, -0.25) is 4.79 Å². The first-order valence-corrected chi connectivity index (χ1v) is 7.11. The number of carbonyl (C=O) groups is 1. The quantitative estimate of drug-likeness (QED) is 0.694. The Labute approximate surface area is 100 Å². The van der Waals surface area contributed by atoms with Crippen LogP contribution in [-0.2, 0) is 15.0 Å². The van der Waals surface area contributed by atoms with Crippen molar-refractivity contribution >= 4 is 16.2 Å². The summed E-state index contributed by atoms with van der Waals surface area (Å²) in [7, 11) is -3.45. The molecule has 17 heavy (non-hydrogen) atoms. The lowest BCUT2D eigenvalue weighted by molar-refractivity contribution is -0.140. The number of aliphatic carboxylic acids is 1. The van der Waals surface area contributed by atoms with Gasteiger partial charge in [-0.25, -0.2) is 0 Å². The molecule has 0 spiro atoms. The zero-order valence-electron chi connectivity index (χ0n) is 9.37. The summed E-state index contributed by atoms with van der Waals surface area (Å²) in [4.78, 5) is 10.7. The van der Waals surface area contributed by atoms with Crippen molar-refractivity contribution in [3.8, 4) is 0 Å². The van der Waals surface area contributed by atoms with E-state index in [0.29, 0.717) is 19.5 Å². The Morgan fingerprint density at radius 2 is 1.94 bits per heavy atom. The number of nitrogens with one attached hydrogen (secondary N) is 1. The summed E-state index contributed by atoms with van der Waals surface area (Å²) in [6.07, 6.45) is 5.23. The summed E-state index contributed by atoms with van der Waals surface area (Å²) in [5.74, 6) is -1.50. The van der Waals surface area contributed by atoms with Crippen LogP contribution in [0.2, 0.25) is 0 Å². The Morgan fingerprint density at radius 3 is 2.47 bits per heavy atom. The summed E-state index contributed by atoms with van der Waals surface area (Å²) in [5.41, 5.74) is 0. The first-order chi connectivity index (χ1) is 7.99. The van der Waals surface area contributed by atoms with Crippen molar-refractivity contribution in [3.63, 3.8) is 0 Å². The number of nitrogens with zero attached hydrogens (tertiary/aromatic N) is 1. The number of carboxylic acid groups (broad SMARTS) is 1. The van der Waals surface area contributed by atoms with Crippen LogP contribution in [0.4, 0.5) is 0 Å². The molecule has 0 amide bonds. The van der Waals surface area contributed by atoms with Crippen LogP contribution in [0.15, 0.2) is 12.2 Å². The minimum absolute atomic E-state index is 0.294. The fraction of sp³-hybridized carbons (Fsp3) is 0.700. The summed E-state index contributed by atoms with van der Waals surface area (Å²) in [6.45, 7) is 1.10. The van der Waals surface area contributed by atoms with Gasteiger partial charge < -0.3 is 5.11 Å². The lowest BCUT2D eigenvalue weighted by atomic mass is 10.1. The van der Waals surface area contributed by atoms with E-state index in [4.69, 9.17) is 5.11 Å². The van der Waals surface area contributed by atoms with Gasteiger partial charge in [0, 0.05) is 19.1 Å². The van der Waals surface area contributed by atoms with E-state index in [9.17, 15) is 13.2 Å². The molecule has 2 atom stereocenters. The van der Waals surface area contributed by atoms with Gasteiger partial charge >= 0.3 is 5.97 Å². The molecule has 1 aliphatic carbocycles. The van der Waals surface area contributed by atoms with E-state index in [2.05, 4.69) is 4.72 Å². The Hall–Kier alpha value is -0.920. The van der Waals surface area contributed by atoms with Crippen LogP contribution in [0.25, 0.3) is 0 Å². The minimum Gasteiger partial charge on any atom is -0.481 e. The Bertz CT molecular complexity index is 426.